The van der Waals surface area contributed by atoms with Gasteiger partial charge < -0.3 is 0 Å². The Morgan fingerprint density at radius 1 is 1.25 bits per heavy atom. The van der Waals surface area contributed by atoms with Crippen molar-refractivity contribution < 1.29 is 0 Å². The van der Waals surface area contributed by atoms with Gasteiger partial charge in [-0.25, -0.2) is 5.43 Å². The molecule has 0 spiro atoms. The molecular formula is C13H16N2S. The summed E-state index contributed by atoms with van der Waals surface area (Å²) in [5, 5.41) is 2.07. The van der Waals surface area contributed by atoms with E-state index in [0.29, 0.717) is 0 Å². The number of aryl methyl sites for hydroxylation is 2. The quantitative estimate of drug-likeness (QED) is 0.631. The molecule has 3 N–H and O–H groups in total. The lowest BCUT2D eigenvalue weighted by Gasteiger charge is -2.17. The van der Waals surface area contributed by atoms with Gasteiger partial charge in [-0.1, -0.05) is 29.8 Å². The van der Waals surface area contributed by atoms with E-state index in [-0.39, 0.29) is 6.04 Å². The number of hydrogen-bond acceptors (Lipinski definition) is 3. The Morgan fingerprint density at radius 2 is 2.06 bits per heavy atom. The van der Waals surface area contributed by atoms with E-state index < -0.39 is 0 Å². The molecule has 2 rings (SSSR count). The summed E-state index contributed by atoms with van der Waals surface area (Å²) in [4.78, 5) is 1.24. The molecule has 0 radical (unpaired) electrons. The van der Waals surface area contributed by atoms with Crippen molar-refractivity contribution in [3.8, 4) is 0 Å². The van der Waals surface area contributed by atoms with Crippen LogP contribution in [0, 0.1) is 13.8 Å². The second-order valence-corrected chi connectivity index (χ2v) is 4.95. The summed E-state index contributed by atoms with van der Waals surface area (Å²) in [5.74, 6) is 5.66. The van der Waals surface area contributed by atoms with Gasteiger partial charge in [0.05, 0.1) is 6.04 Å². The Morgan fingerprint density at radius 3 is 2.62 bits per heavy atom. The van der Waals surface area contributed by atoms with E-state index in [1.807, 2.05) is 6.07 Å². The highest BCUT2D eigenvalue weighted by atomic mass is 32.1. The Kier molecular flexibility index (Phi) is 3.39. The van der Waals surface area contributed by atoms with E-state index in [9.17, 15) is 0 Å². The van der Waals surface area contributed by atoms with Crippen LogP contribution in [0.1, 0.15) is 27.6 Å². The monoisotopic (exact) mass is 232 g/mol. The van der Waals surface area contributed by atoms with Gasteiger partial charge in [0.15, 0.2) is 0 Å². The van der Waals surface area contributed by atoms with Crippen molar-refractivity contribution in [2.75, 3.05) is 0 Å². The lowest BCUT2D eigenvalue weighted by atomic mass is 9.99. The molecule has 16 heavy (non-hydrogen) atoms. The number of hydrogen-bond donors (Lipinski definition) is 2. The molecule has 0 aliphatic heterocycles. The minimum atomic E-state index is 0.0978. The fraction of sp³-hybridized carbons (Fsp3) is 0.231. The second kappa shape index (κ2) is 4.78. The van der Waals surface area contributed by atoms with Gasteiger partial charge in [0, 0.05) is 4.88 Å². The smallest absolute Gasteiger partial charge is 0.0805 e. The zero-order chi connectivity index (χ0) is 11.5. The Balaban J connectivity index is 2.41. The van der Waals surface area contributed by atoms with Crippen LogP contribution in [0.3, 0.4) is 0 Å². The summed E-state index contributed by atoms with van der Waals surface area (Å²) < 4.78 is 0. The van der Waals surface area contributed by atoms with Crippen LogP contribution in [-0.4, -0.2) is 0 Å². The summed E-state index contributed by atoms with van der Waals surface area (Å²) in [6.45, 7) is 4.23. The van der Waals surface area contributed by atoms with Gasteiger partial charge in [-0.05, 0) is 36.4 Å². The molecule has 1 atom stereocenters. The third-order valence-electron chi connectivity index (χ3n) is 2.73. The van der Waals surface area contributed by atoms with Crippen LogP contribution < -0.4 is 11.3 Å². The van der Waals surface area contributed by atoms with Crippen LogP contribution in [-0.2, 0) is 0 Å². The number of nitrogens with two attached hydrogens (primary N) is 1. The standard InChI is InChI=1S/C13H16N2S/c1-9-5-6-11(10(2)8-9)13(15-14)12-4-3-7-16-12/h3-8,13,15H,14H2,1-2H3. The molecule has 1 aromatic heterocycles. The topological polar surface area (TPSA) is 38.0 Å². The molecule has 3 heteroatoms. The molecule has 1 heterocycles. The van der Waals surface area contributed by atoms with E-state index in [0.717, 1.165) is 0 Å². The van der Waals surface area contributed by atoms with Crippen LogP contribution in [0.15, 0.2) is 35.7 Å². The molecule has 0 saturated heterocycles. The van der Waals surface area contributed by atoms with Gasteiger partial charge in [-0.3, -0.25) is 5.84 Å². The van der Waals surface area contributed by atoms with E-state index in [1.54, 1.807) is 11.3 Å². The zero-order valence-electron chi connectivity index (χ0n) is 9.53. The molecule has 0 amide bonds. The van der Waals surface area contributed by atoms with Gasteiger partial charge in [0.1, 0.15) is 0 Å². The van der Waals surface area contributed by atoms with E-state index in [2.05, 4.69) is 48.9 Å². The van der Waals surface area contributed by atoms with Crippen LogP contribution in [0.2, 0.25) is 0 Å². The SMILES string of the molecule is Cc1ccc(C(NN)c2cccs2)c(C)c1. The molecular weight excluding hydrogens is 216 g/mol. The van der Waals surface area contributed by atoms with Crippen molar-refractivity contribution in [2.45, 2.75) is 19.9 Å². The summed E-state index contributed by atoms with van der Waals surface area (Å²) in [6, 6.07) is 10.7. The predicted octanol–water partition coefficient (Wildman–Crippen LogP) is 2.92. The molecule has 0 aliphatic rings. The second-order valence-electron chi connectivity index (χ2n) is 3.98. The molecule has 0 saturated carbocycles. The van der Waals surface area contributed by atoms with Crippen LogP contribution in [0.25, 0.3) is 0 Å². The van der Waals surface area contributed by atoms with Crippen molar-refractivity contribution in [1.29, 1.82) is 0 Å². The van der Waals surface area contributed by atoms with Gasteiger partial charge in [0.2, 0.25) is 0 Å². The fourth-order valence-corrected chi connectivity index (χ4v) is 2.73. The Bertz CT molecular complexity index is 463. The molecule has 84 valence electrons. The van der Waals surface area contributed by atoms with E-state index in [1.165, 1.54) is 21.6 Å². The highest BCUT2D eigenvalue weighted by Crippen LogP contribution is 2.27. The van der Waals surface area contributed by atoms with Crippen LogP contribution >= 0.6 is 11.3 Å². The molecule has 0 aliphatic carbocycles. The highest BCUT2D eigenvalue weighted by molar-refractivity contribution is 7.10. The van der Waals surface area contributed by atoms with Gasteiger partial charge >= 0.3 is 0 Å². The van der Waals surface area contributed by atoms with Crippen molar-refractivity contribution >= 4 is 11.3 Å². The average molecular weight is 232 g/mol. The third kappa shape index (κ3) is 2.16. The number of benzene rings is 1. The minimum absolute atomic E-state index is 0.0978. The maximum atomic E-state index is 5.66. The minimum Gasteiger partial charge on any atom is -0.271 e. The first kappa shape index (κ1) is 11.3. The normalized spacial score (nSPS) is 12.7. The van der Waals surface area contributed by atoms with Crippen molar-refractivity contribution in [3.05, 3.63) is 57.3 Å². The van der Waals surface area contributed by atoms with Crippen molar-refractivity contribution in [3.63, 3.8) is 0 Å². The Labute approximate surface area is 100 Å². The summed E-state index contributed by atoms with van der Waals surface area (Å²) >= 11 is 1.72. The Hall–Kier alpha value is -1.16. The maximum absolute atomic E-state index is 5.66. The van der Waals surface area contributed by atoms with Gasteiger partial charge in [0.25, 0.3) is 0 Å². The zero-order valence-corrected chi connectivity index (χ0v) is 10.3. The lowest BCUT2D eigenvalue weighted by molar-refractivity contribution is 0.643. The third-order valence-corrected chi connectivity index (χ3v) is 3.67. The molecule has 2 nitrogen and oxygen atoms in total. The fourth-order valence-electron chi connectivity index (χ4n) is 1.93. The summed E-state index contributed by atoms with van der Waals surface area (Å²) in [7, 11) is 0. The average Bonchev–Trinajstić information content (AvgIpc) is 2.75. The van der Waals surface area contributed by atoms with Crippen molar-refractivity contribution in [2.24, 2.45) is 5.84 Å². The first-order valence-electron chi connectivity index (χ1n) is 5.29. The summed E-state index contributed by atoms with van der Waals surface area (Å²) in [5.41, 5.74) is 6.69. The number of rotatable bonds is 3. The first-order chi connectivity index (χ1) is 7.72. The lowest BCUT2D eigenvalue weighted by Crippen LogP contribution is -2.28. The van der Waals surface area contributed by atoms with Crippen LogP contribution in [0.4, 0.5) is 0 Å². The number of hydrazine groups is 1. The summed E-state index contributed by atoms with van der Waals surface area (Å²) in [6.07, 6.45) is 0. The first-order valence-corrected chi connectivity index (χ1v) is 6.17. The molecule has 1 aromatic carbocycles. The highest BCUT2D eigenvalue weighted by Gasteiger charge is 2.15. The van der Waals surface area contributed by atoms with Crippen molar-refractivity contribution in [1.82, 2.24) is 5.43 Å². The molecule has 2 aromatic rings. The van der Waals surface area contributed by atoms with Gasteiger partial charge in [-0.15, -0.1) is 11.3 Å². The van der Waals surface area contributed by atoms with Gasteiger partial charge in [-0.2, -0.15) is 0 Å². The van der Waals surface area contributed by atoms with E-state index >= 15 is 0 Å². The molecule has 1 unspecified atom stereocenters. The largest absolute Gasteiger partial charge is 0.271 e. The van der Waals surface area contributed by atoms with E-state index in [4.69, 9.17) is 5.84 Å². The predicted molar refractivity (Wildman–Crippen MR) is 69.4 cm³/mol. The maximum Gasteiger partial charge on any atom is 0.0805 e. The number of thiophene rings is 1. The molecule has 0 bridgehead atoms. The van der Waals surface area contributed by atoms with Crippen LogP contribution in [0.5, 0.6) is 0 Å². The number of nitrogens with one attached hydrogen (secondary N) is 1. The molecule has 0 fully saturated rings.